The van der Waals surface area contributed by atoms with Crippen LogP contribution in [0, 0.1) is 0 Å². The van der Waals surface area contributed by atoms with Crippen molar-refractivity contribution in [1.82, 2.24) is 0 Å². The Hall–Kier alpha value is -0.150. The smallest absolute Gasteiger partial charge is 0.156 e. The lowest BCUT2D eigenvalue weighted by molar-refractivity contribution is 0.0694. The average Bonchev–Trinajstić information content (AvgIpc) is 2.20. The van der Waals surface area contributed by atoms with Crippen LogP contribution in [-0.2, 0) is 4.74 Å². The molecule has 0 heterocycles. The second-order valence-corrected chi connectivity index (χ2v) is 5.07. The molecule has 0 aliphatic carbocycles. The Morgan fingerprint density at radius 1 is 1.06 bits per heavy atom. The fourth-order valence-corrected chi connectivity index (χ4v) is 2.15. The van der Waals surface area contributed by atoms with E-state index in [9.17, 15) is 0 Å². The number of benzene rings is 1. The highest BCUT2D eigenvalue weighted by atomic mass is 35.5. The molecule has 0 bridgehead atoms. The van der Waals surface area contributed by atoms with Crippen molar-refractivity contribution in [2.75, 3.05) is 13.2 Å². The molecule has 0 unspecified atom stereocenters. The van der Waals surface area contributed by atoms with E-state index in [4.69, 9.17) is 44.3 Å². The zero-order valence-corrected chi connectivity index (χ0v) is 12.1. The van der Waals surface area contributed by atoms with Crippen molar-refractivity contribution < 1.29 is 9.47 Å². The van der Waals surface area contributed by atoms with E-state index < -0.39 is 0 Å². The van der Waals surface area contributed by atoms with Crippen molar-refractivity contribution in [3.05, 3.63) is 27.2 Å². The van der Waals surface area contributed by atoms with E-state index in [1.165, 1.54) is 0 Å². The van der Waals surface area contributed by atoms with Crippen LogP contribution in [0.15, 0.2) is 12.1 Å². The summed E-state index contributed by atoms with van der Waals surface area (Å²) >= 11 is 17.7. The van der Waals surface area contributed by atoms with Gasteiger partial charge in [0.1, 0.15) is 0 Å². The van der Waals surface area contributed by atoms with Gasteiger partial charge in [0.05, 0.1) is 29.4 Å². The second kappa shape index (κ2) is 7.32. The van der Waals surface area contributed by atoms with Crippen molar-refractivity contribution in [2.24, 2.45) is 0 Å². The molecular formula is C12H15Cl3O2. The van der Waals surface area contributed by atoms with E-state index in [1.54, 1.807) is 12.1 Å². The molecule has 0 radical (unpaired) electrons. The van der Waals surface area contributed by atoms with E-state index in [0.29, 0.717) is 34.0 Å². The summed E-state index contributed by atoms with van der Waals surface area (Å²) in [5.41, 5.74) is 0. The van der Waals surface area contributed by atoms with Crippen molar-refractivity contribution >= 4 is 34.8 Å². The first-order chi connectivity index (χ1) is 8.00. The minimum atomic E-state index is 0.234. The fraction of sp³-hybridized carbons (Fsp3) is 0.500. The number of ether oxygens (including phenoxy) is 2. The van der Waals surface area contributed by atoms with Crippen LogP contribution in [0.5, 0.6) is 5.75 Å². The van der Waals surface area contributed by atoms with Gasteiger partial charge in [0.25, 0.3) is 0 Å². The van der Waals surface area contributed by atoms with Crippen LogP contribution in [0.2, 0.25) is 15.1 Å². The quantitative estimate of drug-likeness (QED) is 0.699. The van der Waals surface area contributed by atoms with Crippen LogP contribution in [0.3, 0.4) is 0 Å². The van der Waals surface area contributed by atoms with E-state index in [2.05, 4.69) is 0 Å². The SMILES string of the molecule is CC(C)OCCCOc1c(Cl)cc(Cl)cc1Cl. The summed E-state index contributed by atoms with van der Waals surface area (Å²) in [5.74, 6) is 0.474. The molecule has 1 aromatic rings. The molecule has 0 atom stereocenters. The highest BCUT2D eigenvalue weighted by molar-refractivity contribution is 6.40. The second-order valence-electron chi connectivity index (χ2n) is 3.82. The molecule has 1 aromatic carbocycles. The maximum atomic E-state index is 5.97. The number of halogens is 3. The lowest BCUT2D eigenvalue weighted by atomic mass is 10.3. The van der Waals surface area contributed by atoms with E-state index in [-0.39, 0.29) is 6.10 Å². The van der Waals surface area contributed by atoms with Crippen LogP contribution in [0.4, 0.5) is 0 Å². The van der Waals surface area contributed by atoms with Crippen molar-refractivity contribution in [1.29, 1.82) is 0 Å². The number of hydrogen-bond acceptors (Lipinski definition) is 2. The van der Waals surface area contributed by atoms with Gasteiger partial charge in [-0.15, -0.1) is 0 Å². The van der Waals surface area contributed by atoms with Crippen molar-refractivity contribution in [3.63, 3.8) is 0 Å². The van der Waals surface area contributed by atoms with Gasteiger partial charge in [0.2, 0.25) is 0 Å². The van der Waals surface area contributed by atoms with Gasteiger partial charge in [-0.1, -0.05) is 34.8 Å². The summed E-state index contributed by atoms with van der Waals surface area (Å²) in [6, 6.07) is 3.21. The molecule has 0 amide bonds. The third-order valence-corrected chi connectivity index (χ3v) is 2.73. The summed E-state index contributed by atoms with van der Waals surface area (Å²) in [6.45, 7) is 5.15. The van der Waals surface area contributed by atoms with E-state index in [1.807, 2.05) is 13.8 Å². The van der Waals surface area contributed by atoms with Gasteiger partial charge in [-0.05, 0) is 26.0 Å². The van der Waals surface area contributed by atoms with Gasteiger partial charge in [-0.25, -0.2) is 0 Å². The normalized spacial score (nSPS) is 10.9. The Bertz CT molecular complexity index is 344. The Labute approximate surface area is 117 Å². The van der Waals surface area contributed by atoms with Gasteiger partial charge in [-0.2, -0.15) is 0 Å². The molecule has 0 spiro atoms. The molecule has 5 heteroatoms. The van der Waals surface area contributed by atoms with Crippen LogP contribution in [-0.4, -0.2) is 19.3 Å². The summed E-state index contributed by atoms with van der Waals surface area (Å²) in [4.78, 5) is 0. The summed E-state index contributed by atoms with van der Waals surface area (Å²) in [6.07, 6.45) is 1.02. The predicted octanol–water partition coefficient (Wildman–Crippen LogP) is 4.84. The summed E-state index contributed by atoms with van der Waals surface area (Å²) in [5, 5.41) is 1.34. The van der Waals surface area contributed by atoms with Crippen LogP contribution < -0.4 is 4.74 Å². The maximum Gasteiger partial charge on any atom is 0.156 e. The molecule has 1 rings (SSSR count). The zero-order valence-electron chi connectivity index (χ0n) is 9.80. The fourth-order valence-electron chi connectivity index (χ4n) is 1.22. The van der Waals surface area contributed by atoms with E-state index in [0.717, 1.165) is 6.42 Å². The number of hydrogen-bond donors (Lipinski definition) is 0. The van der Waals surface area contributed by atoms with Gasteiger partial charge >= 0.3 is 0 Å². The van der Waals surface area contributed by atoms with Crippen LogP contribution in [0.25, 0.3) is 0 Å². The molecule has 2 nitrogen and oxygen atoms in total. The van der Waals surface area contributed by atoms with Gasteiger partial charge < -0.3 is 9.47 Å². The predicted molar refractivity (Wildman–Crippen MR) is 72.7 cm³/mol. The zero-order chi connectivity index (χ0) is 12.8. The van der Waals surface area contributed by atoms with Crippen molar-refractivity contribution in [2.45, 2.75) is 26.4 Å². The molecule has 0 saturated carbocycles. The Morgan fingerprint density at radius 2 is 1.65 bits per heavy atom. The number of rotatable bonds is 6. The first-order valence-electron chi connectivity index (χ1n) is 5.39. The first kappa shape index (κ1) is 14.9. The average molecular weight is 298 g/mol. The third kappa shape index (κ3) is 5.35. The molecular weight excluding hydrogens is 282 g/mol. The monoisotopic (exact) mass is 296 g/mol. The Kier molecular flexibility index (Phi) is 6.42. The van der Waals surface area contributed by atoms with Gasteiger partial charge in [0, 0.05) is 11.4 Å². The standard InChI is InChI=1S/C12H15Cl3O2/c1-8(2)16-4-3-5-17-12-10(14)6-9(13)7-11(12)15/h6-8H,3-5H2,1-2H3. The molecule has 0 aliphatic heterocycles. The largest absolute Gasteiger partial charge is 0.490 e. The molecule has 0 saturated heterocycles. The summed E-state index contributed by atoms with van der Waals surface area (Å²) < 4.78 is 10.9. The van der Waals surface area contributed by atoms with Gasteiger partial charge in [-0.3, -0.25) is 0 Å². The topological polar surface area (TPSA) is 18.5 Å². The minimum absolute atomic E-state index is 0.234. The summed E-state index contributed by atoms with van der Waals surface area (Å²) in [7, 11) is 0. The Balaban J connectivity index is 2.42. The molecule has 0 aromatic heterocycles. The Morgan fingerprint density at radius 3 is 2.18 bits per heavy atom. The molecule has 0 aliphatic rings. The molecule has 96 valence electrons. The van der Waals surface area contributed by atoms with E-state index >= 15 is 0 Å². The molecule has 17 heavy (non-hydrogen) atoms. The highest BCUT2D eigenvalue weighted by Gasteiger charge is 2.08. The minimum Gasteiger partial charge on any atom is -0.490 e. The van der Waals surface area contributed by atoms with Gasteiger partial charge in [0.15, 0.2) is 5.75 Å². The first-order valence-corrected chi connectivity index (χ1v) is 6.53. The maximum absolute atomic E-state index is 5.97. The lowest BCUT2D eigenvalue weighted by Crippen LogP contribution is -2.08. The third-order valence-electron chi connectivity index (χ3n) is 1.95. The molecule has 0 fully saturated rings. The molecule has 0 N–H and O–H groups in total. The van der Waals surface area contributed by atoms with Crippen LogP contribution in [0.1, 0.15) is 20.3 Å². The highest BCUT2D eigenvalue weighted by Crippen LogP contribution is 2.35. The van der Waals surface area contributed by atoms with Crippen molar-refractivity contribution in [3.8, 4) is 5.75 Å². The van der Waals surface area contributed by atoms with Crippen LogP contribution >= 0.6 is 34.8 Å². The lowest BCUT2D eigenvalue weighted by Gasteiger charge is -2.11.